The molecule has 0 saturated carbocycles. The van der Waals surface area contributed by atoms with E-state index in [1.54, 1.807) is 7.05 Å². The van der Waals surface area contributed by atoms with Gasteiger partial charge in [-0.2, -0.15) is 0 Å². The van der Waals surface area contributed by atoms with Crippen LogP contribution in [-0.4, -0.2) is 89.3 Å². The number of nitrogens with one attached hydrogen (secondary N) is 3. The number of aromatic hydroxyl groups is 1. The molecular formula is C33H36FN7O9S. The summed E-state index contributed by atoms with van der Waals surface area (Å²) in [6.07, 6.45) is 1.72. The lowest BCUT2D eigenvalue weighted by Gasteiger charge is -2.36. The van der Waals surface area contributed by atoms with Crippen molar-refractivity contribution in [1.82, 2.24) is 24.1 Å². The Morgan fingerprint density at radius 2 is 1.76 bits per heavy atom. The predicted molar refractivity (Wildman–Crippen MR) is 186 cm³/mol. The number of aryl methyl sites for hydroxylation is 1. The fourth-order valence-electron chi connectivity index (χ4n) is 7.32. The summed E-state index contributed by atoms with van der Waals surface area (Å²) in [5.74, 6) is -3.60. The lowest BCUT2D eigenvalue weighted by Crippen LogP contribution is -2.49. The van der Waals surface area contributed by atoms with Gasteiger partial charge in [-0.05, 0) is 96.6 Å². The fourth-order valence-corrected chi connectivity index (χ4v) is 8.52. The molecule has 3 aliphatic rings. The summed E-state index contributed by atoms with van der Waals surface area (Å²) in [5, 5.41) is 26.1. The number of imide groups is 1. The van der Waals surface area contributed by atoms with Crippen LogP contribution in [0.4, 0.5) is 15.8 Å². The summed E-state index contributed by atoms with van der Waals surface area (Å²) >= 11 is 0. The van der Waals surface area contributed by atoms with Gasteiger partial charge in [-0.3, -0.25) is 47.6 Å². The van der Waals surface area contributed by atoms with Crippen LogP contribution in [0, 0.1) is 5.82 Å². The molecule has 0 radical (unpaired) electrons. The van der Waals surface area contributed by atoms with Crippen molar-refractivity contribution in [2.75, 3.05) is 35.9 Å². The number of imidazole rings is 1. The highest BCUT2D eigenvalue weighted by atomic mass is 32.3. The zero-order chi connectivity index (χ0) is 36.4. The van der Waals surface area contributed by atoms with Crippen LogP contribution in [0.25, 0.3) is 21.8 Å². The molecule has 2 atom stereocenters. The lowest BCUT2D eigenvalue weighted by atomic mass is 9.88. The van der Waals surface area contributed by atoms with Crippen molar-refractivity contribution in [2.24, 2.45) is 7.05 Å². The molecule has 1 aromatic heterocycles. The number of piperidine rings is 2. The standard InChI is InChI=1S/C33H36FN7O9S/c1-38-24-13-18(2-5-22(24)41(33(38)48)23-6-7-27(44)36-31(23)46)17-8-10-39(11-9-17)25(16-42)32(47)35-20-3-4-21-19(12-20)14-26(43)30(29(21)34)40-15-28(45)37-51(40,49)50/h2-5,12-14,17,23,25,42-43,49-50H,6-11,15-16H2,1H3,(H,35,47)(H,37,45)(H,36,44,46)/t23?,25-/m0/s1. The van der Waals surface area contributed by atoms with E-state index in [1.165, 1.54) is 33.4 Å². The van der Waals surface area contributed by atoms with E-state index in [0.29, 0.717) is 41.3 Å². The SMILES string of the molecule is Cn1c(=O)n(C2CCC(=O)NC2=O)c2ccc(C3CCN([C@@H](CO)C(=O)Nc4ccc5c(F)c(N6CC(=O)NS6(O)O)c(O)cc5c4)CC3)cc21. The molecule has 270 valence electrons. The van der Waals surface area contributed by atoms with Gasteiger partial charge in [0, 0.05) is 24.5 Å². The third kappa shape index (κ3) is 6.08. The second kappa shape index (κ2) is 13.0. The van der Waals surface area contributed by atoms with E-state index >= 15 is 4.39 Å². The van der Waals surface area contributed by atoms with Crippen LogP contribution in [0.1, 0.15) is 43.2 Å². The smallest absolute Gasteiger partial charge is 0.329 e. The van der Waals surface area contributed by atoms with Gasteiger partial charge < -0.3 is 15.5 Å². The molecule has 4 amide bonds. The first kappa shape index (κ1) is 34.4. The molecule has 1 unspecified atom stereocenters. The summed E-state index contributed by atoms with van der Waals surface area (Å²) in [7, 11) is -2.23. The van der Waals surface area contributed by atoms with Crippen molar-refractivity contribution >= 4 is 67.8 Å². The molecule has 51 heavy (non-hydrogen) atoms. The molecule has 18 heteroatoms. The van der Waals surface area contributed by atoms with Gasteiger partial charge in [0.05, 0.1) is 17.6 Å². The molecular weight excluding hydrogens is 689 g/mol. The number of aromatic nitrogens is 2. The average Bonchev–Trinajstić information content (AvgIpc) is 3.50. The van der Waals surface area contributed by atoms with Crippen LogP contribution < -0.4 is 25.4 Å². The highest BCUT2D eigenvalue weighted by Gasteiger charge is 2.39. The first-order chi connectivity index (χ1) is 24.3. The molecule has 0 spiro atoms. The van der Waals surface area contributed by atoms with Gasteiger partial charge in [-0.1, -0.05) is 6.07 Å². The van der Waals surface area contributed by atoms with Gasteiger partial charge in [-0.25, -0.2) is 18.2 Å². The molecule has 7 rings (SSSR count). The number of hydrogen-bond acceptors (Lipinski definition) is 11. The van der Waals surface area contributed by atoms with Crippen molar-refractivity contribution in [3.63, 3.8) is 0 Å². The maximum Gasteiger partial charge on any atom is 0.329 e. The van der Waals surface area contributed by atoms with Crippen molar-refractivity contribution in [3.05, 3.63) is 64.3 Å². The van der Waals surface area contributed by atoms with E-state index in [4.69, 9.17) is 0 Å². The fraction of sp³-hybridized carbons (Fsp3) is 0.364. The number of aliphatic hydroxyl groups excluding tert-OH is 1. The summed E-state index contributed by atoms with van der Waals surface area (Å²) in [4.78, 5) is 64.3. The van der Waals surface area contributed by atoms with Crippen molar-refractivity contribution in [1.29, 1.82) is 0 Å². The Hall–Kier alpha value is -5.01. The second-order valence-corrected chi connectivity index (χ2v) is 14.7. The number of carbonyl (C=O) groups is 4. The Balaban J connectivity index is 1.03. The normalized spacial score (nSPS) is 21.2. The molecule has 4 aromatic rings. The van der Waals surface area contributed by atoms with Gasteiger partial charge >= 0.3 is 5.69 Å². The number of aliphatic hydroxyl groups is 1. The summed E-state index contributed by atoms with van der Waals surface area (Å²) in [6.45, 7) is -0.0443. The number of nitrogens with zero attached hydrogens (tertiary/aromatic N) is 4. The minimum Gasteiger partial charge on any atom is -0.506 e. The number of benzene rings is 3. The van der Waals surface area contributed by atoms with Crippen LogP contribution in [-0.2, 0) is 26.2 Å². The van der Waals surface area contributed by atoms with E-state index in [0.717, 1.165) is 5.56 Å². The summed E-state index contributed by atoms with van der Waals surface area (Å²) < 4.78 is 41.4. The lowest BCUT2D eigenvalue weighted by molar-refractivity contribution is -0.135. The van der Waals surface area contributed by atoms with E-state index in [-0.39, 0.29) is 46.8 Å². The molecule has 3 aromatic carbocycles. The van der Waals surface area contributed by atoms with Crippen LogP contribution >= 0.6 is 11.0 Å². The largest absolute Gasteiger partial charge is 0.506 e. The molecule has 16 nitrogen and oxygen atoms in total. The Labute approximate surface area is 291 Å². The first-order valence-corrected chi connectivity index (χ1v) is 17.8. The predicted octanol–water partition coefficient (Wildman–Crippen LogP) is 2.01. The topological polar surface area (TPSA) is 219 Å². The van der Waals surface area contributed by atoms with E-state index in [9.17, 15) is 43.3 Å². The number of phenols is 1. The monoisotopic (exact) mass is 725 g/mol. The number of halogens is 1. The summed E-state index contributed by atoms with van der Waals surface area (Å²) in [5.41, 5.74) is 1.64. The highest BCUT2D eigenvalue weighted by molar-refractivity contribution is 8.24. The van der Waals surface area contributed by atoms with E-state index in [2.05, 4.69) is 10.6 Å². The van der Waals surface area contributed by atoms with Crippen LogP contribution in [0.5, 0.6) is 5.75 Å². The third-order valence-corrected chi connectivity index (χ3v) is 11.4. The number of likely N-dealkylation sites (tertiary alicyclic amines) is 1. The maximum atomic E-state index is 15.5. The molecule has 3 fully saturated rings. The molecule has 3 saturated heterocycles. The number of phenolic OH excluding ortho intramolecular Hbond substituents is 1. The first-order valence-electron chi connectivity index (χ1n) is 16.3. The Morgan fingerprint density at radius 1 is 1.02 bits per heavy atom. The van der Waals surface area contributed by atoms with E-state index in [1.807, 2.05) is 27.8 Å². The summed E-state index contributed by atoms with van der Waals surface area (Å²) in [6, 6.07) is 9.44. The minimum absolute atomic E-state index is 0.00178. The van der Waals surface area contributed by atoms with Crippen LogP contribution in [0.3, 0.4) is 0 Å². The third-order valence-electron chi connectivity index (χ3n) is 9.95. The van der Waals surface area contributed by atoms with Crippen molar-refractivity contribution in [2.45, 2.75) is 43.7 Å². The van der Waals surface area contributed by atoms with Gasteiger partial charge in [-0.15, -0.1) is 0 Å². The quantitative estimate of drug-likeness (QED) is 0.137. The van der Waals surface area contributed by atoms with Gasteiger partial charge in [0.15, 0.2) is 5.82 Å². The Kier molecular flexibility index (Phi) is 8.75. The molecule has 0 bridgehead atoms. The number of hydrogen-bond donors (Lipinski definition) is 7. The molecule has 3 aliphatic heterocycles. The maximum absolute atomic E-state index is 15.5. The number of anilines is 2. The van der Waals surface area contributed by atoms with Gasteiger partial charge in [0.2, 0.25) is 17.7 Å². The Bertz CT molecular complexity index is 2180. The van der Waals surface area contributed by atoms with Crippen molar-refractivity contribution < 1.29 is 42.9 Å². The molecule has 0 aliphatic carbocycles. The molecule has 7 N–H and O–H groups in total. The number of amides is 4. The zero-order valence-electron chi connectivity index (χ0n) is 27.3. The Morgan fingerprint density at radius 3 is 2.43 bits per heavy atom. The van der Waals surface area contributed by atoms with Gasteiger partial charge in [0.1, 0.15) is 30.1 Å². The van der Waals surface area contributed by atoms with Crippen molar-refractivity contribution in [3.8, 4) is 5.75 Å². The minimum atomic E-state index is -3.87. The molecule has 4 heterocycles. The number of carbonyl (C=O) groups excluding carboxylic acids is 4. The highest BCUT2D eigenvalue weighted by Crippen LogP contribution is 2.50. The van der Waals surface area contributed by atoms with Gasteiger partial charge in [0.25, 0.3) is 5.91 Å². The van der Waals surface area contributed by atoms with Crippen LogP contribution in [0.2, 0.25) is 0 Å². The number of rotatable bonds is 7. The van der Waals surface area contributed by atoms with E-state index < -0.39 is 71.2 Å². The zero-order valence-corrected chi connectivity index (χ0v) is 28.2. The average molecular weight is 726 g/mol. The number of fused-ring (bicyclic) bond motifs is 2. The second-order valence-electron chi connectivity index (χ2n) is 13.0. The van der Waals surface area contributed by atoms with Crippen LogP contribution in [0.15, 0.2) is 47.3 Å².